The van der Waals surface area contributed by atoms with Gasteiger partial charge in [-0.15, -0.1) is 0 Å². The minimum atomic E-state index is -1.34. The molecule has 88 valence electrons. The van der Waals surface area contributed by atoms with Crippen LogP contribution in [0.5, 0.6) is 0 Å². The summed E-state index contributed by atoms with van der Waals surface area (Å²) < 4.78 is 2.94. The van der Waals surface area contributed by atoms with E-state index in [0.29, 0.717) is 11.4 Å². The van der Waals surface area contributed by atoms with Crippen molar-refractivity contribution in [1.29, 1.82) is 0 Å². The fourth-order valence-electron chi connectivity index (χ4n) is 1.47. The van der Waals surface area contributed by atoms with Crippen LogP contribution in [0.1, 0.15) is 16.2 Å². The summed E-state index contributed by atoms with van der Waals surface area (Å²) in [5.74, 6) is -1.34. The summed E-state index contributed by atoms with van der Waals surface area (Å²) in [4.78, 5) is 22.2. The van der Waals surface area contributed by atoms with Gasteiger partial charge in [0.15, 0.2) is 0 Å². The van der Waals surface area contributed by atoms with Gasteiger partial charge in [-0.1, -0.05) is 0 Å². The van der Waals surface area contributed by atoms with Crippen molar-refractivity contribution in [3.63, 3.8) is 0 Å². The number of nitrogens with zero attached hydrogens (tertiary/aromatic N) is 4. The van der Waals surface area contributed by atoms with Crippen LogP contribution in [0.15, 0.2) is 23.3 Å². The average molecular weight is 234 g/mol. The van der Waals surface area contributed by atoms with Crippen molar-refractivity contribution < 1.29 is 9.90 Å². The monoisotopic (exact) mass is 234 g/mol. The van der Waals surface area contributed by atoms with E-state index in [-0.39, 0.29) is 0 Å². The Bertz CT molecular complexity index is 641. The highest BCUT2D eigenvalue weighted by atomic mass is 16.4. The van der Waals surface area contributed by atoms with Crippen LogP contribution in [0.25, 0.3) is 5.69 Å². The maximum absolute atomic E-state index is 11.4. The third kappa shape index (κ3) is 1.94. The average Bonchev–Trinajstić information content (AvgIpc) is 2.64. The number of aryl methyl sites for hydroxylation is 2. The summed E-state index contributed by atoms with van der Waals surface area (Å²) in [6.45, 7) is 1.67. The summed E-state index contributed by atoms with van der Waals surface area (Å²) in [7, 11) is 1.74. The van der Waals surface area contributed by atoms with E-state index < -0.39 is 17.1 Å². The number of carboxylic acid groups (broad SMARTS) is 1. The Morgan fingerprint density at radius 1 is 1.47 bits per heavy atom. The largest absolute Gasteiger partial charge is 0.476 e. The van der Waals surface area contributed by atoms with Gasteiger partial charge in [0.05, 0.1) is 12.4 Å². The van der Waals surface area contributed by atoms with Crippen molar-refractivity contribution >= 4 is 5.97 Å². The van der Waals surface area contributed by atoms with Gasteiger partial charge in [0.25, 0.3) is 0 Å². The van der Waals surface area contributed by atoms with Crippen molar-refractivity contribution in [1.82, 2.24) is 19.6 Å². The van der Waals surface area contributed by atoms with E-state index in [1.807, 2.05) is 0 Å². The van der Waals surface area contributed by atoms with Crippen LogP contribution < -0.4 is 5.43 Å². The summed E-state index contributed by atoms with van der Waals surface area (Å²) >= 11 is 0. The first kappa shape index (κ1) is 11.1. The molecule has 17 heavy (non-hydrogen) atoms. The first-order chi connectivity index (χ1) is 7.99. The normalized spacial score (nSPS) is 10.5. The number of aromatic nitrogens is 4. The maximum Gasteiger partial charge on any atom is 0.360 e. The fraction of sp³-hybridized carbons (Fsp3) is 0.200. The number of hydrogen-bond donors (Lipinski definition) is 1. The van der Waals surface area contributed by atoms with Crippen LogP contribution in [0, 0.1) is 6.92 Å². The van der Waals surface area contributed by atoms with E-state index >= 15 is 0 Å². The summed E-state index contributed by atoms with van der Waals surface area (Å²) in [5.41, 5.74) is 0.0510. The molecule has 0 radical (unpaired) electrons. The van der Waals surface area contributed by atoms with Crippen LogP contribution >= 0.6 is 0 Å². The van der Waals surface area contributed by atoms with Crippen LogP contribution in [0.4, 0.5) is 0 Å². The Balaban J connectivity index is 2.66. The Morgan fingerprint density at radius 3 is 2.71 bits per heavy atom. The van der Waals surface area contributed by atoms with Gasteiger partial charge in [0, 0.05) is 18.8 Å². The van der Waals surface area contributed by atoms with E-state index in [4.69, 9.17) is 5.11 Å². The van der Waals surface area contributed by atoms with Gasteiger partial charge in [0.2, 0.25) is 11.1 Å². The minimum Gasteiger partial charge on any atom is -0.476 e. The molecule has 0 amide bonds. The highest BCUT2D eigenvalue weighted by Gasteiger charge is 2.14. The van der Waals surface area contributed by atoms with Crippen LogP contribution in [-0.4, -0.2) is 30.6 Å². The topological polar surface area (TPSA) is 90.0 Å². The number of hydrogen-bond acceptors (Lipinski definition) is 4. The predicted octanol–water partition coefficient (Wildman–Crippen LogP) is -0.0274. The van der Waals surface area contributed by atoms with Crippen molar-refractivity contribution in [2.75, 3.05) is 0 Å². The van der Waals surface area contributed by atoms with E-state index in [9.17, 15) is 9.59 Å². The molecule has 0 aliphatic rings. The summed E-state index contributed by atoms with van der Waals surface area (Å²) in [6, 6.07) is 1.24. The third-order valence-electron chi connectivity index (χ3n) is 2.25. The highest BCUT2D eigenvalue weighted by molar-refractivity contribution is 5.84. The van der Waals surface area contributed by atoms with Gasteiger partial charge in [-0.05, 0) is 6.92 Å². The van der Waals surface area contributed by atoms with Gasteiger partial charge in [-0.25, -0.2) is 9.48 Å². The predicted molar refractivity (Wildman–Crippen MR) is 58.3 cm³/mol. The van der Waals surface area contributed by atoms with Crippen molar-refractivity contribution in [2.24, 2.45) is 7.05 Å². The first-order valence-electron chi connectivity index (χ1n) is 4.82. The Kier molecular flexibility index (Phi) is 2.51. The lowest BCUT2D eigenvalue weighted by Gasteiger charge is -2.06. The number of rotatable bonds is 2. The molecule has 2 heterocycles. The van der Waals surface area contributed by atoms with E-state index in [1.54, 1.807) is 24.9 Å². The maximum atomic E-state index is 11.4. The van der Waals surface area contributed by atoms with Crippen molar-refractivity contribution in [3.8, 4) is 5.69 Å². The standard InChI is InChI=1S/C10H10N4O3/c1-6-3-8(15)9(10(16)17)12-14(6)7-4-11-13(2)5-7/h3-5H,1-2H3,(H,16,17). The molecule has 7 nitrogen and oxygen atoms in total. The second kappa shape index (κ2) is 3.85. The molecule has 0 bridgehead atoms. The second-order valence-corrected chi connectivity index (χ2v) is 3.59. The second-order valence-electron chi connectivity index (χ2n) is 3.59. The molecule has 0 atom stereocenters. The van der Waals surface area contributed by atoms with Gasteiger partial charge in [0.1, 0.15) is 5.69 Å². The van der Waals surface area contributed by atoms with Gasteiger partial charge < -0.3 is 5.11 Å². The SMILES string of the molecule is Cc1cc(=O)c(C(=O)O)nn1-c1cnn(C)c1. The molecule has 2 aromatic heterocycles. The van der Waals surface area contributed by atoms with Crippen molar-refractivity contribution in [3.05, 3.63) is 40.1 Å². The fourth-order valence-corrected chi connectivity index (χ4v) is 1.47. The zero-order chi connectivity index (χ0) is 12.6. The zero-order valence-electron chi connectivity index (χ0n) is 9.28. The summed E-state index contributed by atoms with van der Waals surface area (Å²) in [6.07, 6.45) is 3.21. The van der Waals surface area contributed by atoms with E-state index in [0.717, 1.165) is 0 Å². The number of aromatic carboxylic acids is 1. The Labute approximate surface area is 95.9 Å². The molecule has 0 aromatic carbocycles. The Hall–Kier alpha value is -2.44. The zero-order valence-corrected chi connectivity index (χ0v) is 9.28. The van der Waals surface area contributed by atoms with E-state index in [1.165, 1.54) is 16.9 Å². The molecule has 2 aromatic rings. The molecule has 2 rings (SSSR count). The molecule has 0 unspecified atom stereocenters. The van der Waals surface area contributed by atoms with Crippen LogP contribution in [0.3, 0.4) is 0 Å². The van der Waals surface area contributed by atoms with Gasteiger partial charge in [-0.2, -0.15) is 10.2 Å². The van der Waals surface area contributed by atoms with Crippen LogP contribution in [-0.2, 0) is 7.05 Å². The molecule has 0 aliphatic heterocycles. The van der Waals surface area contributed by atoms with E-state index in [2.05, 4.69) is 10.2 Å². The number of carboxylic acids is 1. The molecule has 0 fully saturated rings. The summed E-state index contributed by atoms with van der Waals surface area (Å²) in [5, 5.41) is 16.6. The lowest BCUT2D eigenvalue weighted by atomic mass is 10.3. The molecule has 7 heteroatoms. The molecule has 0 spiro atoms. The first-order valence-corrected chi connectivity index (χ1v) is 4.82. The van der Waals surface area contributed by atoms with Gasteiger partial charge in [-0.3, -0.25) is 9.48 Å². The molecule has 0 aliphatic carbocycles. The third-order valence-corrected chi connectivity index (χ3v) is 2.25. The lowest BCUT2D eigenvalue weighted by Crippen LogP contribution is -2.22. The molecular weight excluding hydrogens is 224 g/mol. The quantitative estimate of drug-likeness (QED) is 0.788. The van der Waals surface area contributed by atoms with Gasteiger partial charge >= 0.3 is 5.97 Å². The molecule has 0 saturated carbocycles. The smallest absolute Gasteiger partial charge is 0.360 e. The molecule has 1 N–H and O–H groups in total. The highest BCUT2D eigenvalue weighted by Crippen LogP contribution is 2.06. The molecule has 0 saturated heterocycles. The van der Waals surface area contributed by atoms with Crippen molar-refractivity contribution in [2.45, 2.75) is 6.92 Å². The minimum absolute atomic E-state index is 0.501. The molecular formula is C10H10N4O3. The number of carbonyl (C=O) groups is 1. The Morgan fingerprint density at radius 2 is 2.18 bits per heavy atom. The van der Waals surface area contributed by atoms with Crippen LogP contribution in [0.2, 0.25) is 0 Å². The lowest BCUT2D eigenvalue weighted by molar-refractivity contribution is 0.0686.